The Kier molecular flexibility index (Phi) is 7.13. The van der Waals surface area contributed by atoms with Crippen molar-refractivity contribution in [3.05, 3.63) is 95.8 Å². The molecule has 1 aliphatic rings. The minimum absolute atomic E-state index is 0.140. The summed E-state index contributed by atoms with van der Waals surface area (Å²) in [6.07, 6.45) is 1.17. The Balaban J connectivity index is 1.78. The van der Waals surface area contributed by atoms with E-state index in [1.807, 2.05) is 60.7 Å². The zero-order chi connectivity index (χ0) is 25.9. The number of likely N-dealkylation sites (tertiary alicyclic amines) is 1. The fourth-order valence-electron chi connectivity index (χ4n) is 4.54. The topological polar surface area (TPSA) is 89.0 Å². The van der Waals surface area contributed by atoms with E-state index >= 15 is 0 Å². The van der Waals surface area contributed by atoms with Crippen LogP contribution in [0.3, 0.4) is 0 Å². The molecular weight excluding hydrogens is 456 g/mol. The minimum atomic E-state index is -1.55. The third-order valence-corrected chi connectivity index (χ3v) is 6.51. The number of hydrogen-bond acceptors (Lipinski definition) is 6. The molecule has 2 heterocycles. The van der Waals surface area contributed by atoms with Gasteiger partial charge in [0.25, 0.3) is 5.91 Å². The summed E-state index contributed by atoms with van der Waals surface area (Å²) in [7, 11) is 1.53. The number of pyridine rings is 1. The van der Waals surface area contributed by atoms with E-state index in [1.165, 1.54) is 13.3 Å². The van der Waals surface area contributed by atoms with Crippen LogP contribution >= 0.6 is 0 Å². The summed E-state index contributed by atoms with van der Waals surface area (Å²) < 4.78 is 11.0. The van der Waals surface area contributed by atoms with Crippen molar-refractivity contribution in [2.75, 3.05) is 13.7 Å². The predicted octanol–water partition coefficient (Wildman–Crippen LogP) is 4.20. The second kappa shape index (κ2) is 10.1. The number of aliphatic hydroxyl groups is 1. The van der Waals surface area contributed by atoms with Crippen LogP contribution in [0.1, 0.15) is 48.8 Å². The molecule has 0 unspecified atom stereocenters. The molecule has 0 radical (unpaired) electrons. The maximum atomic E-state index is 13.8. The van der Waals surface area contributed by atoms with Crippen LogP contribution in [0.4, 0.5) is 0 Å². The first-order valence-corrected chi connectivity index (χ1v) is 12.0. The standard InChI is InChI=1S/C29H32N2O5/c1-28(2,3)27(33)36-23-17-25(31(19-23)26(32)24-16-15-22(35-4)18-30-24)29(34,20-11-7-5-8-12-20)21-13-9-6-10-14-21/h5-16,18,23,25,34H,17,19H2,1-4H3/t23-,25+/m1/s1. The Bertz CT molecular complexity index is 1150. The molecule has 188 valence electrons. The fraction of sp³-hybridized carbons (Fsp3) is 0.345. The number of esters is 1. The first kappa shape index (κ1) is 25.4. The lowest BCUT2D eigenvalue weighted by atomic mass is 9.78. The van der Waals surface area contributed by atoms with E-state index in [9.17, 15) is 14.7 Å². The van der Waals surface area contributed by atoms with Gasteiger partial charge >= 0.3 is 5.97 Å². The molecular formula is C29H32N2O5. The third kappa shape index (κ3) is 4.97. The van der Waals surface area contributed by atoms with Gasteiger partial charge in [-0.25, -0.2) is 4.98 Å². The van der Waals surface area contributed by atoms with Crippen LogP contribution in [0.25, 0.3) is 0 Å². The molecule has 1 amide bonds. The zero-order valence-corrected chi connectivity index (χ0v) is 21.0. The number of methoxy groups -OCH3 is 1. The second-order valence-electron chi connectivity index (χ2n) is 10.1. The molecule has 0 saturated carbocycles. The molecule has 7 heteroatoms. The van der Waals surface area contributed by atoms with Crippen molar-refractivity contribution in [2.45, 2.75) is 44.9 Å². The first-order chi connectivity index (χ1) is 17.1. The van der Waals surface area contributed by atoms with Gasteiger partial charge in [-0.2, -0.15) is 0 Å². The van der Waals surface area contributed by atoms with Crippen molar-refractivity contribution in [3.63, 3.8) is 0 Å². The fourth-order valence-corrected chi connectivity index (χ4v) is 4.54. The van der Waals surface area contributed by atoms with Crippen LogP contribution in [0, 0.1) is 5.41 Å². The molecule has 0 spiro atoms. The molecule has 7 nitrogen and oxygen atoms in total. The van der Waals surface area contributed by atoms with Crippen molar-refractivity contribution in [1.82, 2.24) is 9.88 Å². The first-order valence-electron chi connectivity index (χ1n) is 12.0. The van der Waals surface area contributed by atoms with E-state index < -0.39 is 23.2 Å². The molecule has 1 fully saturated rings. The highest BCUT2D eigenvalue weighted by Gasteiger charge is 2.51. The van der Waals surface area contributed by atoms with Crippen LogP contribution in [-0.4, -0.2) is 52.7 Å². The van der Waals surface area contributed by atoms with E-state index in [1.54, 1.807) is 37.8 Å². The zero-order valence-electron chi connectivity index (χ0n) is 21.0. The number of carbonyl (C=O) groups excluding carboxylic acids is 2. The Morgan fingerprint density at radius 1 is 0.944 bits per heavy atom. The monoisotopic (exact) mass is 488 g/mol. The average molecular weight is 489 g/mol. The Morgan fingerprint density at radius 2 is 1.53 bits per heavy atom. The molecule has 2 atom stereocenters. The van der Waals surface area contributed by atoms with Crippen molar-refractivity contribution in [3.8, 4) is 5.75 Å². The lowest BCUT2D eigenvalue weighted by Gasteiger charge is -2.39. The maximum Gasteiger partial charge on any atom is 0.311 e. The van der Waals surface area contributed by atoms with Crippen molar-refractivity contribution >= 4 is 11.9 Å². The third-order valence-electron chi connectivity index (χ3n) is 6.51. The second-order valence-corrected chi connectivity index (χ2v) is 10.1. The highest BCUT2D eigenvalue weighted by molar-refractivity contribution is 5.93. The van der Waals surface area contributed by atoms with Crippen LogP contribution in [-0.2, 0) is 15.1 Å². The van der Waals surface area contributed by atoms with Crippen LogP contribution < -0.4 is 4.74 Å². The van der Waals surface area contributed by atoms with Gasteiger partial charge in [-0.05, 0) is 44.0 Å². The molecule has 1 N–H and O–H groups in total. The summed E-state index contributed by atoms with van der Waals surface area (Å²) in [5.74, 6) is -0.181. The molecule has 36 heavy (non-hydrogen) atoms. The molecule has 0 aliphatic carbocycles. The molecule has 1 aliphatic heterocycles. The van der Waals surface area contributed by atoms with Crippen molar-refractivity contribution in [2.24, 2.45) is 5.41 Å². The van der Waals surface area contributed by atoms with Crippen LogP contribution in [0.2, 0.25) is 0 Å². The summed E-state index contributed by atoms with van der Waals surface area (Å²) >= 11 is 0. The maximum absolute atomic E-state index is 13.8. The van der Waals surface area contributed by atoms with E-state index in [0.29, 0.717) is 16.9 Å². The SMILES string of the molecule is COc1ccc(C(=O)N2C[C@H](OC(=O)C(C)(C)C)C[C@H]2C(O)(c2ccccc2)c2ccccc2)nc1. The summed E-state index contributed by atoms with van der Waals surface area (Å²) in [5.41, 5.74) is -0.742. The predicted molar refractivity (Wildman–Crippen MR) is 135 cm³/mol. The van der Waals surface area contributed by atoms with Gasteiger partial charge < -0.3 is 19.5 Å². The largest absolute Gasteiger partial charge is 0.495 e. The number of aromatic nitrogens is 1. The molecule has 0 bridgehead atoms. The number of amides is 1. The van der Waals surface area contributed by atoms with Gasteiger partial charge in [-0.3, -0.25) is 9.59 Å². The lowest BCUT2D eigenvalue weighted by Crippen LogP contribution is -2.50. The van der Waals surface area contributed by atoms with Gasteiger partial charge in [0.2, 0.25) is 0 Å². The van der Waals surface area contributed by atoms with Gasteiger partial charge in [0, 0.05) is 6.42 Å². The summed E-state index contributed by atoms with van der Waals surface area (Å²) in [6, 6.07) is 21.1. The number of carbonyl (C=O) groups is 2. The van der Waals surface area contributed by atoms with E-state index in [-0.39, 0.29) is 30.5 Å². The van der Waals surface area contributed by atoms with E-state index in [0.717, 1.165) is 0 Å². The number of rotatable bonds is 6. The summed E-state index contributed by atoms with van der Waals surface area (Å²) in [6.45, 7) is 5.50. The van der Waals surface area contributed by atoms with Crippen LogP contribution in [0.15, 0.2) is 79.0 Å². The Hall–Kier alpha value is -3.71. The van der Waals surface area contributed by atoms with Crippen molar-refractivity contribution in [1.29, 1.82) is 0 Å². The molecule has 1 saturated heterocycles. The molecule has 3 aromatic rings. The van der Waals surface area contributed by atoms with Gasteiger partial charge in [0.05, 0.1) is 31.3 Å². The van der Waals surface area contributed by atoms with Gasteiger partial charge in [-0.15, -0.1) is 0 Å². The van der Waals surface area contributed by atoms with Gasteiger partial charge in [0.15, 0.2) is 0 Å². The number of ether oxygens (including phenoxy) is 2. The normalized spacial score (nSPS) is 18.1. The number of hydrogen-bond donors (Lipinski definition) is 1. The molecule has 4 rings (SSSR count). The average Bonchev–Trinajstić information content (AvgIpc) is 3.32. The highest BCUT2D eigenvalue weighted by Crippen LogP contribution is 2.41. The van der Waals surface area contributed by atoms with Gasteiger partial charge in [-0.1, -0.05) is 60.7 Å². The highest BCUT2D eigenvalue weighted by atomic mass is 16.5. The van der Waals surface area contributed by atoms with Crippen molar-refractivity contribution < 1.29 is 24.2 Å². The Morgan fingerprint density at radius 3 is 2.00 bits per heavy atom. The number of benzene rings is 2. The van der Waals surface area contributed by atoms with E-state index in [2.05, 4.69) is 4.98 Å². The van der Waals surface area contributed by atoms with E-state index in [4.69, 9.17) is 9.47 Å². The molecule has 2 aromatic carbocycles. The number of nitrogens with zero attached hydrogens (tertiary/aromatic N) is 2. The quantitative estimate of drug-likeness (QED) is 0.523. The van der Waals surface area contributed by atoms with Crippen LogP contribution in [0.5, 0.6) is 5.75 Å². The lowest BCUT2D eigenvalue weighted by molar-refractivity contribution is -0.158. The summed E-state index contributed by atoms with van der Waals surface area (Å²) in [4.78, 5) is 32.3. The van der Waals surface area contributed by atoms with Gasteiger partial charge in [0.1, 0.15) is 23.1 Å². The summed E-state index contributed by atoms with van der Waals surface area (Å²) in [5, 5.41) is 12.4. The minimum Gasteiger partial charge on any atom is -0.495 e. The smallest absolute Gasteiger partial charge is 0.311 e. The molecule has 1 aromatic heterocycles. The Labute approximate surface area is 211 Å².